The molecule has 54 heavy (non-hydrogen) atoms. The smallest absolute Gasteiger partial charge is 0.320 e. The van der Waals surface area contributed by atoms with Gasteiger partial charge in [0.25, 0.3) is 11.8 Å². The summed E-state index contributed by atoms with van der Waals surface area (Å²) in [4.78, 5) is 51.2. The van der Waals surface area contributed by atoms with Gasteiger partial charge in [-0.25, -0.2) is 0 Å². The average molecular weight is 739 g/mol. The van der Waals surface area contributed by atoms with E-state index in [1.165, 1.54) is 14.2 Å². The number of aliphatic hydroxyl groups is 2. The minimum absolute atomic E-state index is 0.153. The van der Waals surface area contributed by atoms with Crippen molar-refractivity contribution in [3.63, 3.8) is 0 Å². The lowest BCUT2D eigenvalue weighted by molar-refractivity contribution is -0.142. The number of carboxylic acids is 1. The van der Waals surface area contributed by atoms with E-state index in [2.05, 4.69) is 20.6 Å². The van der Waals surface area contributed by atoms with Crippen LogP contribution in [0, 0.1) is 13.8 Å². The summed E-state index contributed by atoms with van der Waals surface area (Å²) < 4.78 is 11.2. The number of ether oxygens (including phenoxy) is 2. The molecule has 2 atom stereocenters. The van der Waals surface area contributed by atoms with Crippen LogP contribution in [0.4, 0.5) is 11.4 Å². The van der Waals surface area contributed by atoms with Crippen molar-refractivity contribution in [1.29, 1.82) is 0 Å². The summed E-state index contributed by atoms with van der Waals surface area (Å²) in [6.07, 6.45) is 4.64. The third-order valence-corrected chi connectivity index (χ3v) is 10.4. The van der Waals surface area contributed by atoms with Gasteiger partial charge in [0.15, 0.2) is 6.29 Å². The lowest BCUT2D eigenvalue weighted by Crippen LogP contribution is -2.38. The molecular weight excluding hydrogens is 692 g/mol. The van der Waals surface area contributed by atoms with Crippen molar-refractivity contribution in [1.82, 2.24) is 19.8 Å². The number of hydrogen-bond donors (Lipinski definition) is 5. The molecule has 1 unspecified atom stereocenters. The van der Waals surface area contributed by atoms with Crippen LogP contribution in [-0.2, 0) is 17.9 Å². The molecule has 2 amide bonds. The highest BCUT2D eigenvalue weighted by atomic mass is 16.5. The molecule has 284 valence electrons. The monoisotopic (exact) mass is 738 g/mol. The third-order valence-electron chi connectivity index (χ3n) is 10.4. The number of methoxy groups -OCH3 is 2. The van der Waals surface area contributed by atoms with Crippen molar-refractivity contribution in [3.8, 4) is 22.6 Å². The summed E-state index contributed by atoms with van der Waals surface area (Å²) in [6.45, 7) is 5.96. The standard InChI is InChI=1S/C40H46N6O8/c1-23-27(9-5-11-29(23)43-37(47)31-17-35(53-3)25(19-41-31)21-45-15-7-13-33(45)39(49)50)28-10-6-12-30(24(28)2)44-38(48)32-18-36(54-4)26(20-42-32)22-46-16-8-14-34(46)40(51)52/h5-6,9-12,17-20,33-34,39,49-50H,7-8,13-16,21-22H2,1-4H3,(H,43,47)(H,44,48)(H,51,52)/t33?,34-/m0/s1. The summed E-state index contributed by atoms with van der Waals surface area (Å²) in [5.74, 6) is -0.764. The van der Waals surface area contributed by atoms with Crippen LogP contribution in [0.25, 0.3) is 11.1 Å². The molecule has 5 N–H and O–H groups in total. The van der Waals surface area contributed by atoms with Crippen LogP contribution >= 0.6 is 0 Å². The number of nitrogens with one attached hydrogen (secondary N) is 2. The normalized spacial score (nSPS) is 17.5. The Morgan fingerprint density at radius 1 is 0.778 bits per heavy atom. The van der Waals surface area contributed by atoms with Crippen molar-refractivity contribution in [2.45, 2.75) is 71.0 Å². The summed E-state index contributed by atoms with van der Waals surface area (Å²) >= 11 is 0. The first-order valence-corrected chi connectivity index (χ1v) is 17.9. The SMILES string of the molecule is COc1cc(C(=O)Nc2cccc(-c3cccc(NC(=O)c4cc(OC)c(CN5CCC[C@H]5C(=O)O)cn4)c3C)c2C)ncc1CN1CCCC1C(O)O. The van der Waals surface area contributed by atoms with Crippen LogP contribution in [0.5, 0.6) is 11.5 Å². The molecule has 2 fully saturated rings. The number of carbonyl (C=O) groups is 3. The van der Waals surface area contributed by atoms with Crippen molar-refractivity contribution >= 4 is 29.2 Å². The number of benzene rings is 2. The maximum atomic E-state index is 13.5. The zero-order chi connectivity index (χ0) is 38.5. The second-order valence-electron chi connectivity index (χ2n) is 13.7. The van der Waals surface area contributed by atoms with Crippen molar-refractivity contribution in [3.05, 3.63) is 94.6 Å². The minimum Gasteiger partial charge on any atom is -0.496 e. The fraction of sp³-hybridized carbons (Fsp3) is 0.375. The van der Waals surface area contributed by atoms with Gasteiger partial charge >= 0.3 is 5.97 Å². The molecule has 4 aromatic rings. The predicted molar refractivity (Wildman–Crippen MR) is 202 cm³/mol. The van der Waals surface area contributed by atoms with E-state index < -0.39 is 30.1 Å². The Kier molecular flexibility index (Phi) is 11.9. The molecule has 2 aromatic carbocycles. The fourth-order valence-corrected chi connectivity index (χ4v) is 7.41. The molecule has 2 aromatic heterocycles. The highest BCUT2D eigenvalue weighted by Crippen LogP contribution is 2.35. The van der Waals surface area contributed by atoms with Crippen LogP contribution < -0.4 is 20.1 Å². The van der Waals surface area contributed by atoms with Gasteiger partial charge in [0.1, 0.15) is 28.9 Å². The van der Waals surface area contributed by atoms with Crippen LogP contribution in [0.3, 0.4) is 0 Å². The number of carboxylic acid groups (broad SMARTS) is 1. The van der Waals surface area contributed by atoms with E-state index in [-0.39, 0.29) is 17.4 Å². The van der Waals surface area contributed by atoms with E-state index in [4.69, 9.17) is 9.47 Å². The molecule has 6 rings (SSSR count). The maximum absolute atomic E-state index is 13.5. The van der Waals surface area contributed by atoms with Crippen molar-refractivity contribution in [2.24, 2.45) is 0 Å². The van der Waals surface area contributed by atoms with E-state index in [9.17, 15) is 29.7 Å². The number of aliphatic carboxylic acids is 1. The average Bonchev–Trinajstić information content (AvgIpc) is 3.84. The number of nitrogens with zero attached hydrogens (tertiary/aromatic N) is 4. The van der Waals surface area contributed by atoms with Crippen LogP contribution in [-0.4, -0.2) is 98.6 Å². The number of likely N-dealkylation sites (tertiary alicyclic amines) is 2. The largest absolute Gasteiger partial charge is 0.496 e. The first-order chi connectivity index (χ1) is 26.0. The minimum atomic E-state index is -1.44. The number of aliphatic hydroxyl groups excluding tert-OH is 1. The summed E-state index contributed by atoms with van der Waals surface area (Å²) in [5, 5.41) is 35.0. The quantitative estimate of drug-likeness (QED) is 0.120. The third kappa shape index (κ3) is 8.21. The lowest BCUT2D eigenvalue weighted by Gasteiger charge is -2.26. The number of pyridine rings is 2. The summed E-state index contributed by atoms with van der Waals surface area (Å²) in [7, 11) is 3.03. The van der Waals surface area contributed by atoms with E-state index >= 15 is 0 Å². The van der Waals surface area contributed by atoms with Gasteiger partial charge in [-0.05, 0) is 87.0 Å². The summed E-state index contributed by atoms with van der Waals surface area (Å²) in [5.41, 5.74) is 6.28. The molecule has 4 heterocycles. The van der Waals surface area contributed by atoms with Crippen molar-refractivity contribution in [2.75, 3.05) is 37.9 Å². The number of anilines is 2. The molecule has 14 heteroatoms. The highest BCUT2D eigenvalue weighted by Gasteiger charge is 2.32. The molecule has 2 saturated heterocycles. The van der Waals surface area contributed by atoms with Gasteiger partial charge in [0.2, 0.25) is 0 Å². The zero-order valence-corrected chi connectivity index (χ0v) is 30.8. The second-order valence-corrected chi connectivity index (χ2v) is 13.7. The van der Waals surface area contributed by atoms with E-state index in [0.717, 1.165) is 47.2 Å². The van der Waals surface area contributed by atoms with Gasteiger partial charge in [-0.3, -0.25) is 34.2 Å². The van der Waals surface area contributed by atoms with Crippen LogP contribution in [0.15, 0.2) is 60.9 Å². The molecule has 0 bridgehead atoms. The van der Waals surface area contributed by atoms with E-state index in [1.54, 1.807) is 30.6 Å². The van der Waals surface area contributed by atoms with Gasteiger partial charge in [-0.1, -0.05) is 24.3 Å². The Hall–Kier alpha value is -5.41. The molecular formula is C40H46N6O8. The van der Waals surface area contributed by atoms with Crippen LogP contribution in [0.1, 0.15) is 68.9 Å². The number of hydrogen-bond acceptors (Lipinski definition) is 11. The molecule has 0 spiro atoms. The molecule has 0 radical (unpaired) electrons. The van der Waals surface area contributed by atoms with E-state index in [0.29, 0.717) is 60.9 Å². The van der Waals surface area contributed by atoms with Gasteiger partial charge in [0, 0.05) is 60.1 Å². The lowest BCUT2D eigenvalue weighted by atomic mass is 9.94. The maximum Gasteiger partial charge on any atom is 0.320 e. The first-order valence-electron chi connectivity index (χ1n) is 17.9. The second kappa shape index (κ2) is 16.7. The number of rotatable bonds is 13. The molecule has 0 aliphatic carbocycles. The molecule has 14 nitrogen and oxygen atoms in total. The summed E-state index contributed by atoms with van der Waals surface area (Å²) in [6, 6.07) is 13.4. The molecule has 0 saturated carbocycles. The fourth-order valence-electron chi connectivity index (χ4n) is 7.41. The van der Waals surface area contributed by atoms with Crippen molar-refractivity contribution < 1.29 is 39.2 Å². The first kappa shape index (κ1) is 38.3. The van der Waals surface area contributed by atoms with E-state index in [1.807, 2.05) is 54.0 Å². The Bertz CT molecular complexity index is 2040. The highest BCUT2D eigenvalue weighted by molar-refractivity contribution is 6.05. The molecule has 2 aliphatic rings. The van der Waals surface area contributed by atoms with Crippen LogP contribution in [0.2, 0.25) is 0 Å². The predicted octanol–water partition coefficient (Wildman–Crippen LogP) is 4.61. The number of amides is 2. The van der Waals surface area contributed by atoms with Gasteiger partial charge in [0.05, 0.1) is 20.3 Å². The molecule has 2 aliphatic heterocycles. The van der Waals surface area contributed by atoms with Gasteiger partial charge < -0.3 is 35.4 Å². The number of carbonyl (C=O) groups excluding carboxylic acids is 2. The Morgan fingerprint density at radius 3 is 1.74 bits per heavy atom. The Balaban J connectivity index is 1.16. The zero-order valence-electron chi connectivity index (χ0n) is 30.8. The topological polar surface area (TPSA) is 187 Å². The Labute approximate surface area is 313 Å². The van der Waals surface area contributed by atoms with Gasteiger partial charge in [-0.15, -0.1) is 0 Å². The van der Waals surface area contributed by atoms with Gasteiger partial charge in [-0.2, -0.15) is 0 Å². The Morgan fingerprint density at radius 2 is 1.26 bits per heavy atom. The number of aromatic nitrogens is 2.